The van der Waals surface area contributed by atoms with Crippen LogP contribution in [0.4, 0.5) is 5.69 Å². The zero-order valence-corrected chi connectivity index (χ0v) is 9.58. The van der Waals surface area contributed by atoms with Crippen LogP contribution in [-0.2, 0) is 6.54 Å². The minimum Gasteiger partial charge on any atom is -0.495 e. The van der Waals surface area contributed by atoms with E-state index in [-0.39, 0.29) is 0 Å². The zero-order valence-electron chi connectivity index (χ0n) is 8.83. The third-order valence-corrected chi connectivity index (χ3v) is 2.40. The van der Waals surface area contributed by atoms with E-state index in [2.05, 4.69) is 15.3 Å². The molecule has 2 aromatic rings. The van der Waals surface area contributed by atoms with E-state index >= 15 is 0 Å². The van der Waals surface area contributed by atoms with Crippen LogP contribution in [0.5, 0.6) is 5.75 Å². The van der Waals surface area contributed by atoms with Gasteiger partial charge < -0.3 is 15.0 Å². The number of rotatable bonds is 4. The number of anilines is 1. The Morgan fingerprint density at radius 2 is 2.38 bits per heavy atom. The SMILES string of the molecule is COc1ccc(Cl)cc1NCc1ncc[nH]1. The van der Waals surface area contributed by atoms with E-state index in [4.69, 9.17) is 16.3 Å². The molecule has 2 N–H and O–H groups in total. The molecule has 0 atom stereocenters. The summed E-state index contributed by atoms with van der Waals surface area (Å²) in [5.41, 5.74) is 0.853. The first-order valence-corrected chi connectivity index (χ1v) is 5.23. The van der Waals surface area contributed by atoms with Crippen LogP contribution in [0.3, 0.4) is 0 Å². The van der Waals surface area contributed by atoms with Gasteiger partial charge in [-0.2, -0.15) is 0 Å². The number of aromatic nitrogens is 2. The minimum absolute atomic E-state index is 0.601. The summed E-state index contributed by atoms with van der Waals surface area (Å²) in [5, 5.41) is 3.87. The van der Waals surface area contributed by atoms with Crippen LogP contribution in [0.25, 0.3) is 0 Å². The number of H-pyrrole nitrogens is 1. The van der Waals surface area contributed by atoms with Crippen molar-refractivity contribution in [3.05, 3.63) is 41.4 Å². The third kappa shape index (κ3) is 2.46. The molecular formula is C11H12ClN3O. The number of hydrogen-bond donors (Lipinski definition) is 2. The topological polar surface area (TPSA) is 49.9 Å². The van der Waals surface area contributed by atoms with Gasteiger partial charge in [-0.25, -0.2) is 4.98 Å². The summed E-state index contributed by atoms with van der Waals surface area (Å²) in [6.07, 6.45) is 3.50. The smallest absolute Gasteiger partial charge is 0.142 e. The van der Waals surface area contributed by atoms with E-state index < -0.39 is 0 Å². The van der Waals surface area contributed by atoms with Crippen molar-refractivity contribution in [1.82, 2.24) is 9.97 Å². The quantitative estimate of drug-likeness (QED) is 0.860. The van der Waals surface area contributed by atoms with Gasteiger partial charge in [0.05, 0.1) is 19.3 Å². The summed E-state index contributed by atoms with van der Waals surface area (Å²) in [4.78, 5) is 7.13. The predicted octanol–water partition coefficient (Wildman–Crippen LogP) is 2.68. The minimum atomic E-state index is 0.601. The van der Waals surface area contributed by atoms with E-state index in [0.717, 1.165) is 17.3 Å². The van der Waals surface area contributed by atoms with Crippen molar-refractivity contribution >= 4 is 17.3 Å². The van der Waals surface area contributed by atoms with Gasteiger partial charge >= 0.3 is 0 Å². The molecule has 0 unspecified atom stereocenters. The van der Waals surface area contributed by atoms with E-state index in [1.54, 1.807) is 25.6 Å². The van der Waals surface area contributed by atoms with Crippen molar-refractivity contribution in [3.8, 4) is 5.75 Å². The van der Waals surface area contributed by atoms with E-state index in [1.165, 1.54) is 0 Å². The molecule has 0 saturated carbocycles. The number of benzene rings is 1. The molecule has 1 heterocycles. The fraction of sp³-hybridized carbons (Fsp3) is 0.182. The standard InChI is InChI=1S/C11H12ClN3O/c1-16-10-3-2-8(12)6-9(10)15-7-11-13-4-5-14-11/h2-6,15H,7H2,1H3,(H,13,14). The average molecular weight is 238 g/mol. The maximum absolute atomic E-state index is 5.92. The summed E-state index contributed by atoms with van der Waals surface area (Å²) >= 11 is 5.92. The first-order chi connectivity index (χ1) is 7.79. The molecule has 0 aliphatic carbocycles. The molecule has 16 heavy (non-hydrogen) atoms. The number of nitrogens with one attached hydrogen (secondary N) is 2. The normalized spacial score (nSPS) is 10.1. The molecule has 0 bridgehead atoms. The molecule has 5 heteroatoms. The van der Waals surface area contributed by atoms with Crippen LogP contribution in [0.15, 0.2) is 30.6 Å². The van der Waals surface area contributed by atoms with Crippen molar-refractivity contribution in [3.63, 3.8) is 0 Å². The van der Waals surface area contributed by atoms with E-state index in [1.807, 2.05) is 12.1 Å². The van der Waals surface area contributed by atoms with Crippen molar-refractivity contribution < 1.29 is 4.74 Å². The molecular weight excluding hydrogens is 226 g/mol. The highest BCUT2D eigenvalue weighted by atomic mass is 35.5. The maximum Gasteiger partial charge on any atom is 0.142 e. The Morgan fingerprint density at radius 3 is 3.06 bits per heavy atom. The average Bonchev–Trinajstić information content (AvgIpc) is 2.79. The molecule has 0 saturated heterocycles. The monoisotopic (exact) mass is 237 g/mol. The fourth-order valence-corrected chi connectivity index (χ4v) is 1.56. The Bertz CT molecular complexity index is 456. The van der Waals surface area contributed by atoms with E-state index in [0.29, 0.717) is 11.6 Å². The Kier molecular flexibility index (Phi) is 3.31. The first kappa shape index (κ1) is 10.8. The molecule has 84 valence electrons. The lowest BCUT2D eigenvalue weighted by Gasteiger charge is -2.10. The fourth-order valence-electron chi connectivity index (χ4n) is 1.39. The molecule has 0 aliphatic rings. The molecule has 1 aromatic carbocycles. The molecule has 0 fully saturated rings. The van der Waals surface area contributed by atoms with Gasteiger partial charge in [-0.15, -0.1) is 0 Å². The van der Waals surface area contributed by atoms with Gasteiger partial charge in [0.1, 0.15) is 11.6 Å². The zero-order chi connectivity index (χ0) is 11.4. The second-order valence-corrected chi connectivity index (χ2v) is 3.67. The molecule has 0 amide bonds. The number of imidazole rings is 1. The second kappa shape index (κ2) is 4.90. The molecule has 0 spiro atoms. The lowest BCUT2D eigenvalue weighted by molar-refractivity contribution is 0.416. The summed E-state index contributed by atoms with van der Waals surface area (Å²) in [5.74, 6) is 1.62. The number of aromatic amines is 1. The van der Waals surface area contributed by atoms with Gasteiger partial charge in [0.15, 0.2) is 0 Å². The van der Waals surface area contributed by atoms with Gasteiger partial charge in [0, 0.05) is 17.4 Å². The van der Waals surface area contributed by atoms with Crippen LogP contribution < -0.4 is 10.1 Å². The van der Waals surface area contributed by atoms with Gasteiger partial charge in [-0.3, -0.25) is 0 Å². The number of hydrogen-bond acceptors (Lipinski definition) is 3. The Balaban J connectivity index is 2.11. The largest absolute Gasteiger partial charge is 0.495 e. The van der Waals surface area contributed by atoms with Gasteiger partial charge in [-0.1, -0.05) is 11.6 Å². The van der Waals surface area contributed by atoms with Crippen LogP contribution in [0.1, 0.15) is 5.82 Å². The highest BCUT2D eigenvalue weighted by molar-refractivity contribution is 6.30. The molecule has 1 aromatic heterocycles. The van der Waals surface area contributed by atoms with Crippen molar-refractivity contribution in [2.75, 3.05) is 12.4 Å². The van der Waals surface area contributed by atoms with Crippen LogP contribution in [0, 0.1) is 0 Å². The molecule has 0 radical (unpaired) electrons. The van der Waals surface area contributed by atoms with Crippen molar-refractivity contribution in [2.24, 2.45) is 0 Å². The molecule has 2 rings (SSSR count). The summed E-state index contributed by atoms with van der Waals surface area (Å²) in [7, 11) is 1.63. The highest BCUT2D eigenvalue weighted by Gasteiger charge is 2.03. The third-order valence-electron chi connectivity index (χ3n) is 2.16. The highest BCUT2D eigenvalue weighted by Crippen LogP contribution is 2.27. The Hall–Kier alpha value is -1.68. The lowest BCUT2D eigenvalue weighted by atomic mass is 10.3. The predicted molar refractivity (Wildman–Crippen MR) is 63.9 cm³/mol. The lowest BCUT2D eigenvalue weighted by Crippen LogP contribution is -2.02. The van der Waals surface area contributed by atoms with Gasteiger partial charge in [0.2, 0.25) is 0 Å². The van der Waals surface area contributed by atoms with Crippen LogP contribution >= 0.6 is 11.6 Å². The number of ether oxygens (including phenoxy) is 1. The van der Waals surface area contributed by atoms with Crippen molar-refractivity contribution in [2.45, 2.75) is 6.54 Å². The second-order valence-electron chi connectivity index (χ2n) is 3.23. The number of nitrogens with zero attached hydrogens (tertiary/aromatic N) is 1. The van der Waals surface area contributed by atoms with Crippen LogP contribution in [-0.4, -0.2) is 17.1 Å². The first-order valence-electron chi connectivity index (χ1n) is 4.85. The number of halogens is 1. The number of methoxy groups -OCH3 is 1. The summed E-state index contributed by atoms with van der Waals surface area (Å²) < 4.78 is 5.22. The van der Waals surface area contributed by atoms with E-state index in [9.17, 15) is 0 Å². The summed E-state index contributed by atoms with van der Waals surface area (Å²) in [6.45, 7) is 0.601. The Labute approximate surface area is 98.6 Å². The maximum atomic E-state index is 5.92. The molecule has 0 aliphatic heterocycles. The van der Waals surface area contributed by atoms with Gasteiger partial charge in [0.25, 0.3) is 0 Å². The Morgan fingerprint density at radius 1 is 1.50 bits per heavy atom. The van der Waals surface area contributed by atoms with Crippen molar-refractivity contribution in [1.29, 1.82) is 0 Å². The van der Waals surface area contributed by atoms with Gasteiger partial charge in [-0.05, 0) is 18.2 Å². The van der Waals surface area contributed by atoms with Crippen LogP contribution in [0.2, 0.25) is 5.02 Å². The molecule has 4 nitrogen and oxygen atoms in total. The summed E-state index contributed by atoms with van der Waals surface area (Å²) in [6, 6.07) is 5.44.